The van der Waals surface area contributed by atoms with Gasteiger partial charge in [0.1, 0.15) is 0 Å². The molecule has 42 valence electrons. The zero-order valence-electron chi connectivity index (χ0n) is 4.70. The third-order valence-corrected chi connectivity index (χ3v) is 0.784. The fraction of sp³-hybridized carbons (Fsp3) is 0.400. The summed E-state index contributed by atoms with van der Waals surface area (Å²) in [6.07, 6.45) is 3.38. The Bertz CT molecular complexity index is 155. The van der Waals surface area contributed by atoms with Crippen molar-refractivity contribution >= 4 is 6.21 Å². The molecule has 0 saturated carbocycles. The van der Waals surface area contributed by atoms with Gasteiger partial charge < -0.3 is 0 Å². The summed E-state index contributed by atoms with van der Waals surface area (Å²) in [5.74, 6) is 0. The lowest BCUT2D eigenvalue weighted by atomic mass is 10.5. The first kappa shape index (κ1) is 5.15. The van der Waals surface area contributed by atoms with E-state index in [2.05, 4.69) is 15.2 Å². The van der Waals surface area contributed by atoms with Crippen LogP contribution in [0.1, 0.15) is 6.92 Å². The molecule has 0 spiro atoms. The summed E-state index contributed by atoms with van der Waals surface area (Å²) in [6, 6.07) is 0. The lowest BCUT2D eigenvalue weighted by Crippen LogP contribution is -1.75. The van der Waals surface area contributed by atoms with Gasteiger partial charge in [-0.25, -0.2) is 0 Å². The van der Waals surface area contributed by atoms with Crippen LogP contribution < -0.4 is 0 Å². The molecule has 1 heterocycles. The zero-order valence-corrected chi connectivity index (χ0v) is 4.70. The molecule has 0 bridgehead atoms. The van der Waals surface area contributed by atoms with Crippen LogP contribution in [0.2, 0.25) is 0 Å². The van der Waals surface area contributed by atoms with Crippen LogP contribution in [-0.2, 0) is 0 Å². The molecule has 0 N–H and O–H groups in total. The van der Waals surface area contributed by atoms with E-state index in [0.717, 1.165) is 5.70 Å². The van der Waals surface area contributed by atoms with Crippen molar-refractivity contribution in [1.82, 2.24) is 0 Å². The standard InChI is InChI=1S/C5H7N3/c1-5-4-8-7-3-2-6-5/h2,4H,3H2,1H3. The Kier molecular flexibility index (Phi) is 1.51. The maximum absolute atomic E-state index is 3.97. The van der Waals surface area contributed by atoms with Crippen molar-refractivity contribution in [3.05, 3.63) is 11.9 Å². The Hall–Kier alpha value is -0.990. The smallest absolute Gasteiger partial charge is 0.0955 e. The Labute approximate surface area is 47.8 Å². The van der Waals surface area contributed by atoms with Crippen LogP contribution in [-0.4, -0.2) is 12.8 Å². The number of nitrogens with zero attached hydrogens (tertiary/aromatic N) is 3. The Morgan fingerprint density at radius 2 is 2.50 bits per heavy atom. The summed E-state index contributed by atoms with van der Waals surface area (Å²) in [6.45, 7) is 2.49. The van der Waals surface area contributed by atoms with Crippen molar-refractivity contribution in [3.8, 4) is 0 Å². The molecule has 0 aliphatic carbocycles. The molecule has 0 aromatic heterocycles. The Balaban J connectivity index is 2.73. The third kappa shape index (κ3) is 1.26. The van der Waals surface area contributed by atoms with Crippen LogP contribution >= 0.6 is 0 Å². The largest absolute Gasteiger partial charge is 0.262 e. The average Bonchev–Trinajstić information content (AvgIpc) is 1.94. The lowest BCUT2D eigenvalue weighted by Gasteiger charge is -1.79. The number of aliphatic imine (C=N–C) groups is 1. The topological polar surface area (TPSA) is 37.1 Å². The van der Waals surface area contributed by atoms with Crippen molar-refractivity contribution in [2.45, 2.75) is 6.92 Å². The quantitative estimate of drug-likeness (QED) is 0.450. The van der Waals surface area contributed by atoms with Gasteiger partial charge in [0.2, 0.25) is 0 Å². The van der Waals surface area contributed by atoms with Crippen LogP contribution in [0.15, 0.2) is 27.1 Å². The number of allylic oxidation sites excluding steroid dienone is 1. The molecule has 0 aromatic rings. The van der Waals surface area contributed by atoms with E-state index in [9.17, 15) is 0 Å². The van der Waals surface area contributed by atoms with Crippen LogP contribution in [0.5, 0.6) is 0 Å². The zero-order chi connectivity index (χ0) is 5.82. The Morgan fingerprint density at radius 3 is 3.38 bits per heavy atom. The predicted molar refractivity (Wildman–Crippen MR) is 32.0 cm³/mol. The highest BCUT2D eigenvalue weighted by Gasteiger charge is 1.83. The molecule has 0 unspecified atom stereocenters. The molecule has 0 radical (unpaired) electrons. The predicted octanol–water partition coefficient (Wildman–Crippen LogP) is 1.38. The van der Waals surface area contributed by atoms with Crippen molar-refractivity contribution in [1.29, 1.82) is 0 Å². The fourth-order valence-corrected chi connectivity index (χ4v) is 0.426. The second-order valence-corrected chi connectivity index (χ2v) is 1.52. The van der Waals surface area contributed by atoms with Crippen LogP contribution in [0.25, 0.3) is 0 Å². The minimum Gasteiger partial charge on any atom is -0.262 e. The molecular formula is C5H7N3. The first-order valence-corrected chi connectivity index (χ1v) is 2.45. The molecule has 0 aromatic carbocycles. The molecule has 3 nitrogen and oxygen atoms in total. The van der Waals surface area contributed by atoms with Crippen molar-refractivity contribution in [2.75, 3.05) is 6.54 Å². The molecular weight excluding hydrogens is 102 g/mol. The van der Waals surface area contributed by atoms with Gasteiger partial charge in [0.05, 0.1) is 18.4 Å². The van der Waals surface area contributed by atoms with Crippen LogP contribution in [0.4, 0.5) is 0 Å². The molecule has 0 fully saturated rings. The lowest BCUT2D eigenvalue weighted by molar-refractivity contribution is 1.11. The van der Waals surface area contributed by atoms with Crippen LogP contribution in [0, 0.1) is 0 Å². The van der Waals surface area contributed by atoms with Crippen LogP contribution in [0.3, 0.4) is 0 Å². The molecule has 3 heteroatoms. The van der Waals surface area contributed by atoms with Crippen molar-refractivity contribution < 1.29 is 0 Å². The summed E-state index contributed by atoms with van der Waals surface area (Å²) in [5, 5.41) is 7.41. The van der Waals surface area contributed by atoms with Gasteiger partial charge in [-0.2, -0.15) is 10.2 Å². The maximum Gasteiger partial charge on any atom is 0.0955 e. The minimum absolute atomic E-state index is 0.605. The molecule has 1 aliphatic heterocycles. The van der Waals surface area contributed by atoms with E-state index in [1.54, 1.807) is 12.4 Å². The first-order valence-electron chi connectivity index (χ1n) is 2.45. The highest BCUT2D eigenvalue weighted by atomic mass is 15.1. The summed E-state index contributed by atoms with van der Waals surface area (Å²) in [4.78, 5) is 3.97. The van der Waals surface area contributed by atoms with E-state index in [1.807, 2.05) is 6.92 Å². The molecule has 1 rings (SSSR count). The van der Waals surface area contributed by atoms with Gasteiger partial charge in [0.25, 0.3) is 0 Å². The second kappa shape index (κ2) is 2.35. The number of azo groups is 1. The third-order valence-electron chi connectivity index (χ3n) is 0.784. The van der Waals surface area contributed by atoms with Gasteiger partial charge in [-0.05, 0) is 6.92 Å². The summed E-state index contributed by atoms with van der Waals surface area (Å²) < 4.78 is 0. The number of hydrogen-bond donors (Lipinski definition) is 0. The van der Waals surface area contributed by atoms with E-state index < -0.39 is 0 Å². The van der Waals surface area contributed by atoms with Gasteiger partial charge in [-0.1, -0.05) is 0 Å². The van der Waals surface area contributed by atoms with Gasteiger partial charge in [-0.3, -0.25) is 4.99 Å². The number of hydrogen-bond acceptors (Lipinski definition) is 3. The average molecular weight is 109 g/mol. The summed E-state index contributed by atoms with van der Waals surface area (Å²) >= 11 is 0. The molecule has 1 aliphatic rings. The highest BCUT2D eigenvalue weighted by molar-refractivity contribution is 5.61. The second-order valence-electron chi connectivity index (χ2n) is 1.52. The van der Waals surface area contributed by atoms with E-state index in [1.165, 1.54) is 0 Å². The van der Waals surface area contributed by atoms with Gasteiger partial charge in [-0.15, -0.1) is 0 Å². The molecule has 0 saturated heterocycles. The van der Waals surface area contributed by atoms with Gasteiger partial charge in [0.15, 0.2) is 0 Å². The SMILES string of the molecule is CC1=CN=NCC=N1. The number of rotatable bonds is 0. The minimum atomic E-state index is 0.605. The maximum atomic E-state index is 3.97. The highest BCUT2D eigenvalue weighted by Crippen LogP contribution is 1.96. The van der Waals surface area contributed by atoms with E-state index >= 15 is 0 Å². The van der Waals surface area contributed by atoms with Crippen molar-refractivity contribution in [2.24, 2.45) is 15.2 Å². The van der Waals surface area contributed by atoms with Gasteiger partial charge >= 0.3 is 0 Å². The fourth-order valence-electron chi connectivity index (χ4n) is 0.426. The molecule has 0 amide bonds. The Morgan fingerprint density at radius 1 is 1.62 bits per heavy atom. The summed E-state index contributed by atoms with van der Waals surface area (Å²) in [5.41, 5.74) is 0.909. The van der Waals surface area contributed by atoms with Gasteiger partial charge in [0, 0.05) is 6.21 Å². The first-order chi connectivity index (χ1) is 3.89. The van der Waals surface area contributed by atoms with E-state index in [4.69, 9.17) is 0 Å². The molecule has 0 atom stereocenters. The molecule has 8 heavy (non-hydrogen) atoms. The van der Waals surface area contributed by atoms with E-state index in [0.29, 0.717) is 6.54 Å². The summed E-state index contributed by atoms with van der Waals surface area (Å²) in [7, 11) is 0. The normalized spacial score (nSPS) is 17.9. The monoisotopic (exact) mass is 109 g/mol. The van der Waals surface area contributed by atoms with E-state index in [-0.39, 0.29) is 0 Å². The van der Waals surface area contributed by atoms with Crippen molar-refractivity contribution in [3.63, 3.8) is 0 Å².